The molecule has 2 aromatic rings. The van der Waals surface area contributed by atoms with Crippen LogP contribution in [0, 0.1) is 11.7 Å². The van der Waals surface area contributed by atoms with E-state index in [0.717, 1.165) is 19.3 Å². The molecule has 1 aliphatic carbocycles. The maximum absolute atomic E-state index is 13.7. The fourth-order valence-corrected chi connectivity index (χ4v) is 3.82. The van der Waals surface area contributed by atoms with Crippen molar-refractivity contribution in [3.8, 4) is 0 Å². The second-order valence-electron chi connectivity index (χ2n) is 8.32. The molecule has 0 radical (unpaired) electrons. The summed E-state index contributed by atoms with van der Waals surface area (Å²) in [4.78, 5) is 26.5. The molecule has 1 aromatic heterocycles. The second kappa shape index (κ2) is 8.13. The summed E-state index contributed by atoms with van der Waals surface area (Å²) < 4.78 is 20.9. The number of hydrogen-bond acceptors (Lipinski definition) is 3. The molecule has 0 aliphatic heterocycles. The van der Waals surface area contributed by atoms with Gasteiger partial charge >= 0.3 is 6.09 Å². The van der Waals surface area contributed by atoms with Crippen molar-refractivity contribution in [3.63, 3.8) is 0 Å². The van der Waals surface area contributed by atoms with Gasteiger partial charge in [0.2, 0.25) is 0 Å². The third kappa shape index (κ3) is 4.86. The first-order chi connectivity index (χ1) is 13.7. The summed E-state index contributed by atoms with van der Waals surface area (Å²) in [7, 11) is 0. The number of nitrogens with one attached hydrogen (secondary N) is 1. The molecule has 154 valence electrons. The van der Waals surface area contributed by atoms with Crippen LogP contribution in [-0.2, 0) is 4.74 Å². The molecule has 0 bridgehead atoms. The lowest BCUT2D eigenvalue weighted by molar-refractivity contribution is 0.0519. The summed E-state index contributed by atoms with van der Waals surface area (Å²) in [5.74, 6) is -0.930. The Kier molecular flexibility index (Phi) is 5.79. The largest absolute Gasteiger partial charge is 0.444 e. The van der Waals surface area contributed by atoms with Crippen molar-refractivity contribution in [2.75, 3.05) is 6.54 Å². The maximum atomic E-state index is 13.7. The van der Waals surface area contributed by atoms with Gasteiger partial charge in [-0.3, -0.25) is 4.79 Å². The van der Waals surface area contributed by atoms with Crippen LogP contribution in [0.1, 0.15) is 56.4 Å². The Bertz CT molecular complexity index is 988. The number of carbonyl (C=O) groups is 2. The third-order valence-electron chi connectivity index (χ3n) is 5.00. The molecular formula is C20H24FN5O3. The molecule has 1 N–H and O–H groups in total. The molecule has 2 amide bonds. The number of nitrogens with zero attached hydrogens (tertiary/aromatic N) is 4. The van der Waals surface area contributed by atoms with Crippen LogP contribution in [0.25, 0.3) is 21.3 Å². The number of hydrogen-bond donors (Lipinski definition) is 1. The van der Waals surface area contributed by atoms with Gasteiger partial charge in [0.25, 0.3) is 5.91 Å². The van der Waals surface area contributed by atoms with E-state index >= 15 is 0 Å². The standard InChI is InChI=1S/C20H24FN5O3/c1-20(2,3)29-19(28)23-10-12-4-6-14(8-12)26-11-16(18(27)24-25-22)15-9-13(21)5-7-17(15)26/h5,7,9,11-12,14H,4,6,8,10H2,1-3H3,(H,23,28)/t12-,14+/m1/s1. The van der Waals surface area contributed by atoms with Crippen molar-refractivity contribution in [2.45, 2.75) is 51.7 Å². The van der Waals surface area contributed by atoms with E-state index in [-0.39, 0.29) is 17.5 Å². The molecule has 29 heavy (non-hydrogen) atoms. The lowest BCUT2D eigenvalue weighted by Gasteiger charge is -2.21. The van der Waals surface area contributed by atoms with Crippen LogP contribution in [0.3, 0.4) is 0 Å². The molecular weight excluding hydrogens is 377 g/mol. The summed E-state index contributed by atoms with van der Waals surface area (Å²) in [5, 5.41) is 6.39. The first kappa shape index (κ1) is 20.7. The van der Waals surface area contributed by atoms with Gasteiger partial charge in [-0.05, 0) is 74.8 Å². The molecule has 0 spiro atoms. The van der Waals surface area contributed by atoms with E-state index in [4.69, 9.17) is 10.3 Å². The number of amides is 2. The minimum Gasteiger partial charge on any atom is -0.444 e. The molecule has 3 rings (SSSR count). The Morgan fingerprint density at radius 3 is 2.83 bits per heavy atom. The Labute approximate surface area is 167 Å². The van der Waals surface area contributed by atoms with Crippen molar-refractivity contribution in [1.29, 1.82) is 0 Å². The molecule has 8 nitrogen and oxygen atoms in total. The number of halogens is 1. The lowest BCUT2D eigenvalue weighted by Crippen LogP contribution is -2.34. The second-order valence-corrected chi connectivity index (χ2v) is 8.32. The van der Waals surface area contributed by atoms with E-state index in [0.29, 0.717) is 17.4 Å². The van der Waals surface area contributed by atoms with E-state index in [2.05, 4.69) is 15.3 Å². The number of azide groups is 1. The molecule has 2 atom stereocenters. The molecule has 0 saturated heterocycles. The Morgan fingerprint density at radius 2 is 2.14 bits per heavy atom. The summed E-state index contributed by atoms with van der Waals surface area (Å²) in [6.45, 7) is 5.94. The van der Waals surface area contributed by atoms with Crippen molar-refractivity contribution >= 4 is 22.9 Å². The first-order valence-corrected chi connectivity index (χ1v) is 9.54. The van der Waals surface area contributed by atoms with Gasteiger partial charge in [0.15, 0.2) is 0 Å². The van der Waals surface area contributed by atoms with Crippen molar-refractivity contribution in [2.24, 2.45) is 11.0 Å². The highest BCUT2D eigenvalue weighted by Gasteiger charge is 2.29. The highest BCUT2D eigenvalue weighted by molar-refractivity contribution is 6.07. The van der Waals surface area contributed by atoms with E-state index in [1.165, 1.54) is 12.1 Å². The number of carbonyl (C=O) groups excluding carboxylic acids is 2. The number of benzene rings is 1. The number of aromatic nitrogens is 1. The zero-order chi connectivity index (χ0) is 21.2. The molecule has 1 fully saturated rings. The van der Waals surface area contributed by atoms with E-state index in [1.54, 1.807) is 12.3 Å². The molecule has 1 saturated carbocycles. The molecule has 0 unspecified atom stereocenters. The van der Waals surface area contributed by atoms with Gasteiger partial charge in [0, 0.05) is 34.6 Å². The minimum absolute atomic E-state index is 0.0982. The van der Waals surface area contributed by atoms with Crippen molar-refractivity contribution in [1.82, 2.24) is 9.88 Å². The minimum atomic E-state index is -0.733. The third-order valence-corrected chi connectivity index (χ3v) is 5.00. The monoisotopic (exact) mass is 401 g/mol. The summed E-state index contributed by atoms with van der Waals surface area (Å²) in [6, 6.07) is 4.35. The van der Waals surface area contributed by atoms with Crippen LogP contribution in [0.2, 0.25) is 0 Å². The van der Waals surface area contributed by atoms with Crippen LogP contribution in [0.5, 0.6) is 0 Å². The summed E-state index contributed by atoms with van der Waals surface area (Å²) >= 11 is 0. The molecule has 1 heterocycles. The Balaban J connectivity index is 1.75. The highest BCUT2D eigenvalue weighted by atomic mass is 19.1. The normalized spacial score (nSPS) is 19.0. The fraction of sp³-hybridized carbons (Fsp3) is 0.500. The van der Waals surface area contributed by atoms with Gasteiger partial charge in [0.05, 0.1) is 5.56 Å². The van der Waals surface area contributed by atoms with Crippen molar-refractivity contribution in [3.05, 3.63) is 46.2 Å². The van der Waals surface area contributed by atoms with Gasteiger partial charge < -0.3 is 14.6 Å². The van der Waals surface area contributed by atoms with E-state index in [1.807, 2.05) is 25.3 Å². The lowest BCUT2D eigenvalue weighted by atomic mass is 10.1. The zero-order valence-electron chi connectivity index (χ0n) is 16.7. The zero-order valence-corrected chi connectivity index (χ0v) is 16.7. The number of alkyl carbamates (subject to hydrolysis) is 1. The SMILES string of the molecule is CC(C)(C)OC(=O)NC[C@@H]1CC[C@H](n2cc(C(=O)N=[N+]=[N-])c3cc(F)ccc32)C1. The van der Waals surface area contributed by atoms with Crippen LogP contribution in [0.4, 0.5) is 9.18 Å². The summed E-state index contributed by atoms with van der Waals surface area (Å²) in [5.41, 5.74) is 8.92. The number of fused-ring (bicyclic) bond motifs is 1. The quantitative estimate of drug-likeness (QED) is 0.437. The number of rotatable bonds is 4. The topological polar surface area (TPSA) is 109 Å². The smallest absolute Gasteiger partial charge is 0.407 e. The number of ether oxygens (including phenoxy) is 1. The van der Waals surface area contributed by atoms with Crippen LogP contribution in [-0.4, -0.2) is 28.7 Å². The van der Waals surface area contributed by atoms with Crippen LogP contribution < -0.4 is 5.32 Å². The molecule has 9 heteroatoms. The average molecular weight is 401 g/mol. The van der Waals surface area contributed by atoms with Crippen LogP contribution in [0.15, 0.2) is 29.5 Å². The summed E-state index contributed by atoms with van der Waals surface area (Å²) in [6.07, 6.45) is 3.75. The molecule has 1 aromatic carbocycles. The first-order valence-electron chi connectivity index (χ1n) is 9.54. The van der Waals surface area contributed by atoms with Gasteiger partial charge in [-0.2, -0.15) is 0 Å². The van der Waals surface area contributed by atoms with Gasteiger partial charge in [0.1, 0.15) is 11.4 Å². The van der Waals surface area contributed by atoms with Crippen molar-refractivity contribution < 1.29 is 18.7 Å². The fourth-order valence-electron chi connectivity index (χ4n) is 3.82. The van der Waals surface area contributed by atoms with Gasteiger partial charge in [-0.15, -0.1) is 0 Å². The highest BCUT2D eigenvalue weighted by Crippen LogP contribution is 2.38. The Hall–Kier alpha value is -3.06. The average Bonchev–Trinajstić information content (AvgIpc) is 3.22. The van der Waals surface area contributed by atoms with Gasteiger partial charge in [-0.25, -0.2) is 9.18 Å². The molecule has 1 aliphatic rings. The van der Waals surface area contributed by atoms with Gasteiger partial charge in [-0.1, -0.05) is 0 Å². The predicted octanol–water partition coefficient (Wildman–Crippen LogP) is 5.10. The maximum Gasteiger partial charge on any atom is 0.407 e. The predicted molar refractivity (Wildman–Crippen MR) is 106 cm³/mol. The van der Waals surface area contributed by atoms with E-state index in [9.17, 15) is 14.0 Å². The van der Waals surface area contributed by atoms with Crippen LogP contribution >= 0.6 is 0 Å². The Morgan fingerprint density at radius 1 is 1.38 bits per heavy atom. The van der Waals surface area contributed by atoms with E-state index < -0.39 is 23.4 Å².